The third-order valence-corrected chi connectivity index (χ3v) is 3.57. The maximum absolute atomic E-state index is 12.3. The molecule has 0 radical (unpaired) electrons. The number of ether oxygens (including phenoxy) is 2. The van der Waals surface area contributed by atoms with Gasteiger partial charge in [0.1, 0.15) is 0 Å². The summed E-state index contributed by atoms with van der Waals surface area (Å²) in [5.74, 6) is 1.19. The van der Waals surface area contributed by atoms with E-state index in [2.05, 4.69) is 5.32 Å². The molecule has 0 bridgehead atoms. The van der Waals surface area contributed by atoms with Crippen LogP contribution in [-0.2, 0) is 5.54 Å². The number of methoxy groups -OCH3 is 2. The summed E-state index contributed by atoms with van der Waals surface area (Å²) in [5, 5.41) is 3.04. The first-order valence-corrected chi connectivity index (χ1v) is 7.08. The van der Waals surface area contributed by atoms with Crippen LogP contribution in [0.1, 0.15) is 29.8 Å². The zero-order valence-electron chi connectivity index (χ0n) is 13.3. The Bertz CT molecular complexity index is 651. The Labute approximate surface area is 131 Å². The molecule has 0 aliphatic carbocycles. The van der Waals surface area contributed by atoms with Gasteiger partial charge in [-0.05, 0) is 43.7 Å². The van der Waals surface area contributed by atoms with E-state index in [1.165, 1.54) is 0 Å². The smallest absolute Gasteiger partial charge is 0.251 e. The van der Waals surface area contributed by atoms with E-state index in [1.54, 1.807) is 26.4 Å². The van der Waals surface area contributed by atoms with Gasteiger partial charge in [-0.25, -0.2) is 0 Å². The highest BCUT2D eigenvalue weighted by Crippen LogP contribution is 2.32. The molecular formula is C18H21NO3. The molecule has 116 valence electrons. The third kappa shape index (κ3) is 3.39. The van der Waals surface area contributed by atoms with Gasteiger partial charge in [0.25, 0.3) is 5.91 Å². The summed E-state index contributed by atoms with van der Waals surface area (Å²) in [6.45, 7) is 3.91. The molecule has 0 saturated carbocycles. The summed E-state index contributed by atoms with van der Waals surface area (Å²) in [5.41, 5.74) is 1.04. The average molecular weight is 299 g/mol. The molecule has 0 aromatic heterocycles. The zero-order valence-corrected chi connectivity index (χ0v) is 13.3. The molecule has 1 amide bonds. The van der Waals surface area contributed by atoms with Crippen LogP contribution in [0.2, 0.25) is 0 Å². The number of carbonyl (C=O) groups is 1. The van der Waals surface area contributed by atoms with Crippen LogP contribution in [0.25, 0.3) is 0 Å². The average Bonchev–Trinajstić information content (AvgIpc) is 2.54. The molecule has 22 heavy (non-hydrogen) atoms. The summed E-state index contributed by atoms with van der Waals surface area (Å²) in [7, 11) is 3.19. The lowest BCUT2D eigenvalue weighted by Gasteiger charge is -2.27. The van der Waals surface area contributed by atoms with E-state index in [-0.39, 0.29) is 5.91 Å². The molecule has 2 aromatic carbocycles. The molecule has 0 saturated heterocycles. The van der Waals surface area contributed by atoms with Crippen molar-refractivity contribution in [3.8, 4) is 11.5 Å². The van der Waals surface area contributed by atoms with Crippen molar-refractivity contribution in [2.75, 3.05) is 14.2 Å². The lowest BCUT2D eigenvalue weighted by atomic mass is 9.93. The Morgan fingerprint density at radius 1 is 0.955 bits per heavy atom. The second-order valence-corrected chi connectivity index (χ2v) is 5.51. The summed E-state index contributed by atoms with van der Waals surface area (Å²) in [6.07, 6.45) is 0. The minimum atomic E-state index is -0.535. The number of benzene rings is 2. The van der Waals surface area contributed by atoms with Gasteiger partial charge in [0.15, 0.2) is 11.5 Å². The van der Waals surface area contributed by atoms with Gasteiger partial charge in [0.05, 0.1) is 19.8 Å². The number of nitrogens with one attached hydrogen (secondary N) is 1. The van der Waals surface area contributed by atoms with E-state index in [4.69, 9.17) is 9.47 Å². The molecule has 0 aliphatic heterocycles. The van der Waals surface area contributed by atoms with Crippen molar-refractivity contribution >= 4 is 5.91 Å². The van der Waals surface area contributed by atoms with Crippen molar-refractivity contribution in [3.63, 3.8) is 0 Å². The van der Waals surface area contributed by atoms with Crippen molar-refractivity contribution in [2.45, 2.75) is 19.4 Å². The zero-order chi connectivity index (χ0) is 16.2. The SMILES string of the molecule is COc1ccc(C(C)(C)NC(=O)c2ccccc2)cc1OC. The van der Waals surface area contributed by atoms with Gasteiger partial charge in [0, 0.05) is 5.56 Å². The Morgan fingerprint density at radius 3 is 2.18 bits per heavy atom. The highest BCUT2D eigenvalue weighted by Gasteiger charge is 2.24. The molecule has 0 aliphatic rings. The first kappa shape index (κ1) is 15.9. The van der Waals surface area contributed by atoms with Crippen molar-refractivity contribution in [2.24, 2.45) is 0 Å². The van der Waals surface area contributed by atoms with Gasteiger partial charge in [0.2, 0.25) is 0 Å². The van der Waals surface area contributed by atoms with Crippen LogP contribution in [0.3, 0.4) is 0 Å². The van der Waals surface area contributed by atoms with E-state index in [0.29, 0.717) is 17.1 Å². The van der Waals surface area contributed by atoms with Crippen LogP contribution in [0.4, 0.5) is 0 Å². The van der Waals surface area contributed by atoms with Crippen LogP contribution >= 0.6 is 0 Å². The van der Waals surface area contributed by atoms with Crippen molar-refractivity contribution < 1.29 is 14.3 Å². The quantitative estimate of drug-likeness (QED) is 0.921. The van der Waals surface area contributed by atoms with Crippen molar-refractivity contribution in [1.82, 2.24) is 5.32 Å². The predicted molar refractivity (Wildman–Crippen MR) is 86.5 cm³/mol. The molecule has 0 heterocycles. The molecule has 2 aromatic rings. The third-order valence-electron chi connectivity index (χ3n) is 3.57. The maximum atomic E-state index is 12.3. The van der Waals surface area contributed by atoms with Gasteiger partial charge < -0.3 is 14.8 Å². The van der Waals surface area contributed by atoms with Crippen molar-refractivity contribution in [1.29, 1.82) is 0 Å². The van der Waals surface area contributed by atoms with Gasteiger partial charge >= 0.3 is 0 Å². The Balaban J connectivity index is 2.25. The molecule has 0 atom stereocenters. The first-order chi connectivity index (χ1) is 10.5. The second kappa shape index (κ2) is 6.52. The van der Waals surface area contributed by atoms with Crippen LogP contribution < -0.4 is 14.8 Å². The van der Waals surface area contributed by atoms with E-state index in [9.17, 15) is 4.79 Å². The van der Waals surface area contributed by atoms with E-state index in [1.807, 2.05) is 50.2 Å². The summed E-state index contributed by atoms with van der Waals surface area (Å²) in [4.78, 5) is 12.3. The normalized spacial score (nSPS) is 10.9. The largest absolute Gasteiger partial charge is 0.493 e. The highest BCUT2D eigenvalue weighted by atomic mass is 16.5. The molecule has 0 spiro atoms. The summed E-state index contributed by atoms with van der Waals surface area (Å²) in [6, 6.07) is 14.8. The summed E-state index contributed by atoms with van der Waals surface area (Å²) >= 11 is 0. The number of rotatable bonds is 5. The fraction of sp³-hybridized carbons (Fsp3) is 0.278. The first-order valence-electron chi connectivity index (χ1n) is 7.08. The van der Waals surface area contributed by atoms with E-state index < -0.39 is 5.54 Å². The predicted octanol–water partition coefficient (Wildman–Crippen LogP) is 3.37. The number of amides is 1. The minimum absolute atomic E-state index is 0.111. The van der Waals surface area contributed by atoms with Gasteiger partial charge in [-0.3, -0.25) is 4.79 Å². The second-order valence-electron chi connectivity index (χ2n) is 5.51. The van der Waals surface area contributed by atoms with Crippen molar-refractivity contribution in [3.05, 3.63) is 59.7 Å². The van der Waals surface area contributed by atoms with Gasteiger partial charge in [-0.1, -0.05) is 24.3 Å². The lowest BCUT2D eigenvalue weighted by Crippen LogP contribution is -2.41. The van der Waals surface area contributed by atoms with Crippen LogP contribution in [0.5, 0.6) is 11.5 Å². The van der Waals surface area contributed by atoms with Crippen LogP contribution in [0, 0.1) is 0 Å². The van der Waals surface area contributed by atoms with Crippen LogP contribution in [0.15, 0.2) is 48.5 Å². The lowest BCUT2D eigenvalue weighted by molar-refractivity contribution is 0.0912. The van der Waals surface area contributed by atoms with Gasteiger partial charge in [-0.2, -0.15) is 0 Å². The Kier molecular flexibility index (Phi) is 4.71. The monoisotopic (exact) mass is 299 g/mol. The fourth-order valence-corrected chi connectivity index (χ4v) is 2.24. The molecule has 2 rings (SSSR count). The van der Waals surface area contributed by atoms with Crippen LogP contribution in [-0.4, -0.2) is 20.1 Å². The van der Waals surface area contributed by atoms with E-state index >= 15 is 0 Å². The minimum Gasteiger partial charge on any atom is -0.493 e. The molecule has 4 nitrogen and oxygen atoms in total. The molecule has 0 fully saturated rings. The topological polar surface area (TPSA) is 47.6 Å². The number of hydrogen-bond acceptors (Lipinski definition) is 3. The fourth-order valence-electron chi connectivity index (χ4n) is 2.24. The Hall–Kier alpha value is -2.49. The maximum Gasteiger partial charge on any atom is 0.251 e. The molecular weight excluding hydrogens is 278 g/mol. The molecule has 0 unspecified atom stereocenters. The Morgan fingerprint density at radius 2 is 1.59 bits per heavy atom. The standard InChI is InChI=1S/C18H21NO3/c1-18(2,19-17(20)13-8-6-5-7-9-13)14-10-11-15(21-3)16(12-14)22-4/h5-12H,1-4H3,(H,19,20). The number of hydrogen-bond donors (Lipinski definition) is 1. The molecule has 1 N–H and O–H groups in total. The number of carbonyl (C=O) groups excluding carboxylic acids is 1. The van der Waals surface area contributed by atoms with E-state index in [0.717, 1.165) is 5.56 Å². The summed E-state index contributed by atoms with van der Waals surface area (Å²) < 4.78 is 10.6. The van der Waals surface area contributed by atoms with Gasteiger partial charge in [-0.15, -0.1) is 0 Å². The molecule has 4 heteroatoms. The highest BCUT2D eigenvalue weighted by molar-refractivity contribution is 5.94.